The lowest BCUT2D eigenvalue weighted by molar-refractivity contribution is -0.121. The number of rotatable bonds is 4. The molecule has 1 amide bonds. The van der Waals surface area contributed by atoms with Gasteiger partial charge in [-0.3, -0.25) is 4.79 Å². The molecular formula is C8H16N2O3S. The van der Waals surface area contributed by atoms with Crippen LogP contribution < -0.4 is 4.72 Å². The first kappa shape index (κ1) is 11.5. The summed E-state index contributed by atoms with van der Waals surface area (Å²) in [6.07, 6.45) is 4.87. The van der Waals surface area contributed by atoms with E-state index in [-0.39, 0.29) is 6.04 Å². The maximum Gasteiger partial charge on any atom is 0.209 e. The number of nitrogens with one attached hydrogen (secondary N) is 1. The molecular weight excluding hydrogens is 204 g/mol. The van der Waals surface area contributed by atoms with Crippen LogP contribution in [-0.4, -0.2) is 45.1 Å². The molecule has 0 aromatic carbocycles. The molecule has 1 heterocycles. The largest absolute Gasteiger partial charge is 0.341 e. The van der Waals surface area contributed by atoms with Gasteiger partial charge in [0.05, 0.1) is 6.26 Å². The van der Waals surface area contributed by atoms with Crippen LogP contribution in [0.3, 0.4) is 0 Å². The Hall–Kier alpha value is -0.620. The monoisotopic (exact) mass is 220 g/mol. The molecule has 1 rings (SSSR count). The van der Waals surface area contributed by atoms with E-state index in [2.05, 4.69) is 4.72 Å². The van der Waals surface area contributed by atoms with Crippen molar-refractivity contribution in [1.29, 1.82) is 0 Å². The standard InChI is InChI=1S/C8H16N2O3S/c1-14(12,13)9-6-8-4-2-3-5-10(8)7-11/h7-9H,2-6H2,1H3. The molecule has 0 aromatic heterocycles. The van der Waals surface area contributed by atoms with Crippen molar-refractivity contribution in [2.75, 3.05) is 19.3 Å². The molecule has 0 bridgehead atoms. The number of likely N-dealkylation sites (tertiary alicyclic amines) is 1. The Morgan fingerprint density at radius 2 is 2.21 bits per heavy atom. The van der Waals surface area contributed by atoms with Gasteiger partial charge in [-0.15, -0.1) is 0 Å². The van der Waals surface area contributed by atoms with Crippen molar-refractivity contribution in [2.24, 2.45) is 0 Å². The molecule has 5 nitrogen and oxygen atoms in total. The van der Waals surface area contributed by atoms with Gasteiger partial charge in [0, 0.05) is 19.1 Å². The minimum atomic E-state index is -3.15. The van der Waals surface area contributed by atoms with Crippen molar-refractivity contribution < 1.29 is 13.2 Å². The Labute approximate surface area is 84.5 Å². The summed E-state index contributed by atoms with van der Waals surface area (Å²) in [7, 11) is -3.15. The third-order valence-corrected chi connectivity index (χ3v) is 3.08. The van der Waals surface area contributed by atoms with E-state index in [1.54, 1.807) is 4.90 Å². The van der Waals surface area contributed by atoms with Crippen LogP contribution in [0.2, 0.25) is 0 Å². The maximum absolute atomic E-state index is 10.9. The Balaban J connectivity index is 2.45. The SMILES string of the molecule is CS(=O)(=O)NCC1CCCCN1C=O. The number of amides is 1. The fraction of sp³-hybridized carbons (Fsp3) is 0.875. The molecule has 0 radical (unpaired) electrons. The first-order valence-electron chi connectivity index (χ1n) is 4.68. The Morgan fingerprint density at radius 1 is 1.50 bits per heavy atom. The summed E-state index contributed by atoms with van der Waals surface area (Å²) in [4.78, 5) is 12.3. The summed E-state index contributed by atoms with van der Waals surface area (Å²) in [5.41, 5.74) is 0. The van der Waals surface area contributed by atoms with E-state index in [0.29, 0.717) is 6.54 Å². The first-order chi connectivity index (χ1) is 6.53. The number of sulfonamides is 1. The minimum absolute atomic E-state index is 0.0241. The van der Waals surface area contributed by atoms with E-state index in [9.17, 15) is 13.2 Å². The molecule has 14 heavy (non-hydrogen) atoms. The highest BCUT2D eigenvalue weighted by molar-refractivity contribution is 7.88. The lowest BCUT2D eigenvalue weighted by Gasteiger charge is -2.32. The van der Waals surface area contributed by atoms with Gasteiger partial charge in [0.15, 0.2) is 0 Å². The molecule has 1 aliphatic rings. The van der Waals surface area contributed by atoms with Crippen LogP contribution in [0.5, 0.6) is 0 Å². The maximum atomic E-state index is 10.9. The van der Waals surface area contributed by atoms with Crippen LogP contribution in [0, 0.1) is 0 Å². The predicted molar refractivity (Wildman–Crippen MR) is 53.3 cm³/mol. The summed E-state index contributed by atoms with van der Waals surface area (Å²) < 4.78 is 24.1. The number of hydrogen-bond donors (Lipinski definition) is 1. The molecule has 1 saturated heterocycles. The Kier molecular flexibility index (Phi) is 3.88. The van der Waals surface area contributed by atoms with Gasteiger partial charge in [0.2, 0.25) is 16.4 Å². The van der Waals surface area contributed by atoms with E-state index in [0.717, 1.165) is 38.5 Å². The zero-order chi connectivity index (χ0) is 10.6. The van der Waals surface area contributed by atoms with Crippen molar-refractivity contribution in [3.63, 3.8) is 0 Å². The molecule has 6 heteroatoms. The first-order valence-corrected chi connectivity index (χ1v) is 6.58. The molecule has 1 aliphatic heterocycles. The van der Waals surface area contributed by atoms with Gasteiger partial charge in [-0.2, -0.15) is 0 Å². The second-order valence-electron chi connectivity index (χ2n) is 3.61. The lowest BCUT2D eigenvalue weighted by atomic mass is 10.0. The third kappa shape index (κ3) is 3.63. The van der Waals surface area contributed by atoms with Gasteiger partial charge in [0.25, 0.3) is 0 Å². The van der Waals surface area contributed by atoms with Crippen LogP contribution in [0.15, 0.2) is 0 Å². The van der Waals surface area contributed by atoms with Gasteiger partial charge in [0.1, 0.15) is 0 Å². The van der Waals surface area contributed by atoms with Crippen LogP contribution in [0.1, 0.15) is 19.3 Å². The van der Waals surface area contributed by atoms with Gasteiger partial charge < -0.3 is 4.90 Å². The predicted octanol–water partition coefficient (Wildman–Crippen LogP) is -0.454. The van der Waals surface area contributed by atoms with Gasteiger partial charge >= 0.3 is 0 Å². The molecule has 82 valence electrons. The van der Waals surface area contributed by atoms with Crippen LogP contribution in [0.4, 0.5) is 0 Å². The summed E-state index contributed by atoms with van der Waals surface area (Å²) in [5.74, 6) is 0. The van der Waals surface area contributed by atoms with E-state index in [4.69, 9.17) is 0 Å². The second kappa shape index (κ2) is 4.75. The zero-order valence-electron chi connectivity index (χ0n) is 8.27. The van der Waals surface area contributed by atoms with Crippen molar-refractivity contribution in [3.8, 4) is 0 Å². The quantitative estimate of drug-likeness (QED) is 0.652. The highest BCUT2D eigenvalue weighted by Crippen LogP contribution is 2.14. The van der Waals surface area contributed by atoms with E-state index in [1.165, 1.54) is 0 Å². The van der Waals surface area contributed by atoms with Crippen molar-refractivity contribution >= 4 is 16.4 Å². The fourth-order valence-corrected chi connectivity index (χ4v) is 2.12. The summed E-state index contributed by atoms with van der Waals surface area (Å²) >= 11 is 0. The molecule has 1 atom stereocenters. The van der Waals surface area contributed by atoms with Crippen LogP contribution in [0.25, 0.3) is 0 Å². The minimum Gasteiger partial charge on any atom is -0.341 e. The molecule has 0 aromatic rings. The van der Waals surface area contributed by atoms with Crippen molar-refractivity contribution in [2.45, 2.75) is 25.3 Å². The molecule has 0 saturated carbocycles. The average Bonchev–Trinajstić information content (AvgIpc) is 2.14. The van der Waals surface area contributed by atoms with Crippen molar-refractivity contribution in [1.82, 2.24) is 9.62 Å². The molecule has 0 aliphatic carbocycles. The second-order valence-corrected chi connectivity index (χ2v) is 5.45. The van der Waals surface area contributed by atoms with E-state index < -0.39 is 10.0 Å². The normalized spacial score (nSPS) is 23.5. The third-order valence-electron chi connectivity index (χ3n) is 2.39. The fourth-order valence-electron chi connectivity index (χ4n) is 1.63. The zero-order valence-corrected chi connectivity index (χ0v) is 9.09. The number of carbonyl (C=O) groups excluding carboxylic acids is 1. The lowest BCUT2D eigenvalue weighted by Crippen LogP contribution is -2.45. The number of nitrogens with zero attached hydrogens (tertiary/aromatic N) is 1. The van der Waals surface area contributed by atoms with E-state index >= 15 is 0 Å². The Bertz CT molecular complexity index is 289. The van der Waals surface area contributed by atoms with Gasteiger partial charge in [-0.1, -0.05) is 0 Å². The van der Waals surface area contributed by atoms with Crippen LogP contribution >= 0.6 is 0 Å². The highest BCUT2D eigenvalue weighted by atomic mass is 32.2. The molecule has 1 N–H and O–H groups in total. The molecule has 1 fully saturated rings. The topological polar surface area (TPSA) is 66.5 Å². The van der Waals surface area contributed by atoms with Crippen LogP contribution in [-0.2, 0) is 14.8 Å². The number of carbonyl (C=O) groups is 1. The number of hydrogen-bond acceptors (Lipinski definition) is 3. The molecule has 1 unspecified atom stereocenters. The molecule has 0 spiro atoms. The summed E-state index contributed by atoms with van der Waals surface area (Å²) in [6, 6.07) is 0.0241. The van der Waals surface area contributed by atoms with Crippen molar-refractivity contribution in [3.05, 3.63) is 0 Å². The summed E-state index contributed by atoms with van der Waals surface area (Å²) in [6.45, 7) is 1.07. The summed E-state index contributed by atoms with van der Waals surface area (Å²) in [5, 5.41) is 0. The number of piperidine rings is 1. The van der Waals surface area contributed by atoms with Gasteiger partial charge in [-0.05, 0) is 19.3 Å². The smallest absolute Gasteiger partial charge is 0.209 e. The Morgan fingerprint density at radius 3 is 2.79 bits per heavy atom. The average molecular weight is 220 g/mol. The van der Waals surface area contributed by atoms with Gasteiger partial charge in [-0.25, -0.2) is 13.1 Å². The van der Waals surface area contributed by atoms with E-state index in [1.807, 2.05) is 0 Å². The highest BCUT2D eigenvalue weighted by Gasteiger charge is 2.21.